The molecule has 1 rings (SSSR count). The van der Waals surface area contributed by atoms with Crippen LogP contribution in [-0.4, -0.2) is 45.2 Å². The van der Waals surface area contributed by atoms with Gasteiger partial charge in [-0.05, 0) is 45.6 Å². The van der Waals surface area contributed by atoms with Crippen LogP contribution in [0.5, 0.6) is 0 Å². The van der Waals surface area contributed by atoms with Gasteiger partial charge in [-0.3, -0.25) is 0 Å². The molecular formula is C15H27N3. The lowest BCUT2D eigenvalue weighted by molar-refractivity contribution is 0.400. The van der Waals surface area contributed by atoms with Crippen LogP contribution in [-0.2, 0) is 6.54 Å². The Morgan fingerprint density at radius 2 is 1.61 bits per heavy atom. The van der Waals surface area contributed by atoms with Crippen LogP contribution in [0.25, 0.3) is 0 Å². The molecule has 0 amide bonds. The maximum atomic E-state index is 3.45. The van der Waals surface area contributed by atoms with Crippen molar-refractivity contribution in [2.45, 2.75) is 20.4 Å². The van der Waals surface area contributed by atoms with E-state index in [0.29, 0.717) is 0 Å². The molecule has 3 heteroatoms. The summed E-state index contributed by atoms with van der Waals surface area (Å²) in [6.45, 7) is 9.59. The van der Waals surface area contributed by atoms with Crippen molar-refractivity contribution in [2.24, 2.45) is 0 Å². The van der Waals surface area contributed by atoms with Crippen molar-refractivity contribution < 1.29 is 0 Å². The Labute approximate surface area is 112 Å². The zero-order chi connectivity index (χ0) is 13.4. The molecule has 0 saturated heterocycles. The summed E-state index contributed by atoms with van der Waals surface area (Å²) in [5.74, 6) is 0. The van der Waals surface area contributed by atoms with Crippen LogP contribution >= 0.6 is 0 Å². The number of likely N-dealkylation sites (N-methyl/N-ethyl adjacent to an activating group) is 1. The molecule has 1 aromatic carbocycles. The minimum absolute atomic E-state index is 0.951. The van der Waals surface area contributed by atoms with E-state index in [-0.39, 0.29) is 0 Å². The average Bonchev–Trinajstić information content (AvgIpc) is 2.37. The molecular weight excluding hydrogens is 222 g/mol. The number of hydrogen-bond donors (Lipinski definition) is 1. The Morgan fingerprint density at radius 3 is 2.11 bits per heavy atom. The number of hydrogen-bond acceptors (Lipinski definition) is 3. The molecule has 0 atom stereocenters. The second-order valence-electron chi connectivity index (χ2n) is 4.82. The Morgan fingerprint density at radius 1 is 1.00 bits per heavy atom. The first kappa shape index (κ1) is 15.0. The van der Waals surface area contributed by atoms with E-state index in [4.69, 9.17) is 0 Å². The quantitative estimate of drug-likeness (QED) is 0.713. The van der Waals surface area contributed by atoms with Crippen LogP contribution in [0.4, 0.5) is 5.69 Å². The second-order valence-corrected chi connectivity index (χ2v) is 4.82. The Kier molecular flexibility index (Phi) is 6.76. The van der Waals surface area contributed by atoms with Crippen LogP contribution < -0.4 is 10.2 Å². The minimum Gasteiger partial charge on any atom is -0.372 e. The smallest absolute Gasteiger partial charge is 0.0366 e. The van der Waals surface area contributed by atoms with Gasteiger partial charge in [0.1, 0.15) is 0 Å². The van der Waals surface area contributed by atoms with Crippen molar-refractivity contribution in [2.75, 3.05) is 45.2 Å². The second kappa shape index (κ2) is 8.11. The zero-order valence-corrected chi connectivity index (χ0v) is 12.2. The third kappa shape index (κ3) is 5.07. The molecule has 0 aliphatic rings. The van der Waals surface area contributed by atoms with Crippen molar-refractivity contribution in [3.63, 3.8) is 0 Å². The van der Waals surface area contributed by atoms with Crippen molar-refractivity contribution in [3.8, 4) is 0 Å². The fourth-order valence-electron chi connectivity index (χ4n) is 1.95. The summed E-state index contributed by atoms with van der Waals surface area (Å²) in [7, 11) is 4.20. The summed E-state index contributed by atoms with van der Waals surface area (Å²) in [5, 5.41) is 3.45. The van der Waals surface area contributed by atoms with Gasteiger partial charge in [0.2, 0.25) is 0 Å². The Balaban J connectivity index is 2.40. The topological polar surface area (TPSA) is 18.5 Å². The molecule has 0 aliphatic heterocycles. The highest BCUT2D eigenvalue weighted by Crippen LogP contribution is 2.14. The van der Waals surface area contributed by atoms with E-state index in [2.05, 4.69) is 67.3 Å². The third-order valence-electron chi connectivity index (χ3n) is 3.13. The van der Waals surface area contributed by atoms with E-state index < -0.39 is 0 Å². The number of nitrogens with zero attached hydrogens (tertiary/aromatic N) is 2. The molecule has 1 N–H and O–H groups in total. The van der Waals surface area contributed by atoms with Gasteiger partial charge in [-0.15, -0.1) is 0 Å². The highest BCUT2D eigenvalue weighted by atomic mass is 15.1. The van der Waals surface area contributed by atoms with Crippen LogP contribution in [0.15, 0.2) is 24.3 Å². The van der Waals surface area contributed by atoms with E-state index in [9.17, 15) is 0 Å². The van der Waals surface area contributed by atoms with Gasteiger partial charge in [0.25, 0.3) is 0 Å². The minimum atomic E-state index is 0.951. The van der Waals surface area contributed by atoms with Gasteiger partial charge in [0.05, 0.1) is 0 Å². The monoisotopic (exact) mass is 249 g/mol. The molecule has 0 unspecified atom stereocenters. The average molecular weight is 249 g/mol. The molecule has 102 valence electrons. The summed E-state index contributed by atoms with van der Waals surface area (Å²) < 4.78 is 0. The van der Waals surface area contributed by atoms with Crippen molar-refractivity contribution in [1.29, 1.82) is 0 Å². The Bertz CT molecular complexity index is 315. The number of benzene rings is 1. The summed E-state index contributed by atoms with van der Waals surface area (Å²) in [6.07, 6.45) is 0. The van der Waals surface area contributed by atoms with Gasteiger partial charge < -0.3 is 15.1 Å². The first-order chi connectivity index (χ1) is 8.67. The van der Waals surface area contributed by atoms with Crippen molar-refractivity contribution in [1.82, 2.24) is 10.2 Å². The van der Waals surface area contributed by atoms with Gasteiger partial charge in [-0.1, -0.05) is 12.1 Å². The summed E-state index contributed by atoms with van der Waals surface area (Å²) in [6, 6.07) is 8.87. The van der Waals surface area contributed by atoms with Gasteiger partial charge in [0.15, 0.2) is 0 Å². The molecule has 0 saturated carbocycles. The highest BCUT2D eigenvalue weighted by Gasteiger charge is 2.01. The van der Waals surface area contributed by atoms with Crippen LogP contribution in [0.1, 0.15) is 19.4 Å². The lowest BCUT2D eigenvalue weighted by Crippen LogP contribution is -2.26. The highest BCUT2D eigenvalue weighted by molar-refractivity contribution is 5.47. The predicted molar refractivity (Wildman–Crippen MR) is 80.3 cm³/mol. The van der Waals surface area contributed by atoms with Gasteiger partial charge >= 0.3 is 0 Å². The van der Waals surface area contributed by atoms with Gasteiger partial charge in [-0.25, -0.2) is 0 Å². The Hall–Kier alpha value is -1.06. The fraction of sp³-hybridized carbons (Fsp3) is 0.600. The number of nitrogens with one attached hydrogen (secondary N) is 1. The molecule has 0 heterocycles. The van der Waals surface area contributed by atoms with Crippen molar-refractivity contribution >= 4 is 5.69 Å². The maximum absolute atomic E-state index is 3.45. The predicted octanol–water partition coefficient (Wildman–Crippen LogP) is 2.18. The molecule has 1 aromatic rings. The first-order valence-corrected chi connectivity index (χ1v) is 6.86. The summed E-state index contributed by atoms with van der Waals surface area (Å²) in [4.78, 5) is 4.56. The van der Waals surface area contributed by atoms with Crippen LogP contribution in [0.2, 0.25) is 0 Å². The normalized spacial score (nSPS) is 10.9. The molecule has 0 aromatic heterocycles. The summed E-state index contributed by atoms with van der Waals surface area (Å²) in [5.41, 5.74) is 2.67. The van der Waals surface area contributed by atoms with E-state index in [1.807, 2.05) is 0 Å². The standard InChI is InChI=1S/C15H27N3/c1-5-18(6-2)15-9-7-14(8-10-15)13-16-11-12-17(3)4/h7-10,16H,5-6,11-13H2,1-4H3. The molecule has 0 radical (unpaired) electrons. The van der Waals surface area contributed by atoms with Crippen molar-refractivity contribution in [3.05, 3.63) is 29.8 Å². The summed E-state index contributed by atoms with van der Waals surface area (Å²) >= 11 is 0. The SMILES string of the molecule is CCN(CC)c1ccc(CNCCN(C)C)cc1. The molecule has 18 heavy (non-hydrogen) atoms. The van der Waals surface area contributed by atoms with Crippen LogP contribution in [0, 0.1) is 0 Å². The molecule has 0 spiro atoms. The van der Waals surface area contributed by atoms with E-state index >= 15 is 0 Å². The van der Waals surface area contributed by atoms with E-state index in [1.54, 1.807) is 0 Å². The third-order valence-corrected chi connectivity index (χ3v) is 3.13. The van der Waals surface area contributed by atoms with E-state index in [0.717, 1.165) is 32.7 Å². The number of anilines is 1. The fourth-order valence-corrected chi connectivity index (χ4v) is 1.95. The molecule has 3 nitrogen and oxygen atoms in total. The molecule has 0 bridgehead atoms. The maximum Gasteiger partial charge on any atom is 0.0366 e. The number of rotatable bonds is 8. The zero-order valence-electron chi connectivity index (χ0n) is 12.2. The first-order valence-electron chi connectivity index (χ1n) is 6.86. The lowest BCUT2D eigenvalue weighted by atomic mass is 10.2. The lowest BCUT2D eigenvalue weighted by Gasteiger charge is -2.21. The van der Waals surface area contributed by atoms with Crippen LogP contribution in [0.3, 0.4) is 0 Å². The van der Waals surface area contributed by atoms with Gasteiger partial charge in [0, 0.05) is 38.4 Å². The molecule has 0 fully saturated rings. The molecule has 0 aliphatic carbocycles. The largest absolute Gasteiger partial charge is 0.372 e. The van der Waals surface area contributed by atoms with E-state index in [1.165, 1.54) is 11.3 Å². The van der Waals surface area contributed by atoms with Gasteiger partial charge in [-0.2, -0.15) is 0 Å².